The van der Waals surface area contributed by atoms with Crippen LogP contribution in [0.3, 0.4) is 0 Å². The van der Waals surface area contributed by atoms with Gasteiger partial charge in [0.2, 0.25) is 0 Å². The Hall–Kier alpha value is -0.200. The fraction of sp³-hybridized carbons (Fsp3) is 0.385. The normalized spacial score (nSPS) is 14.9. The lowest BCUT2D eigenvalue weighted by Crippen LogP contribution is -2.36. The number of nitrogens with two attached hydrogens (primary N) is 1. The Kier molecular flexibility index (Phi) is 4.98. The van der Waals surface area contributed by atoms with Crippen molar-refractivity contribution in [3.63, 3.8) is 0 Å². The maximum absolute atomic E-state index is 6.16. The molecule has 0 aliphatic rings. The summed E-state index contributed by atoms with van der Waals surface area (Å²) >= 11 is 7.08. The van der Waals surface area contributed by atoms with Crippen LogP contribution in [0.25, 0.3) is 0 Å². The Balaban J connectivity index is 2.15. The van der Waals surface area contributed by atoms with Crippen molar-refractivity contribution in [3.8, 4) is 0 Å². The van der Waals surface area contributed by atoms with Crippen LogP contribution < -0.4 is 5.73 Å². The van der Waals surface area contributed by atoms with Crippen LogP contribution in [0.5, 0.6) is 0 Å². The first-order valence-electron chi connectivity index (χ1n) is 5.81. The number of thiophene rings is 2. The number of hydrogen-bond acceptors (Lipinski definition) is 4. The van der Waals surface area contributed by atoms with E-state index in [4.69, 9.17) is 5.73 Å². The minimum Gasteiger partial charge on any atom is -0.326 e. The van der Waals surface area contributed by atoms with Crippen molar-refractivity contribution in [2.24, 2.45) is 5.73 Å². The number of hydrogen-bond donors (Lipinski definition) is 1. The van der Waals surface area contributed by atoms with Gasteiger partial charge in [-0.25, -0.2) is 0 Å². The molecular formula is C13H17BrN2S2. The number of rotatable bonds is 5. The van der Waals surface area contributed by atoms with Crippen LogP contribution >= 0.6 is 38.6 Å². The molecule has 2 heterocycles. The molecule has 0 radical (unpaired) electrons. The summed E-state index contributed by atoms with van der Waals surface area (Å²) in [5.41, 5.74) is 6.16. The molecule has 0 aliphatic heterocycles. The van der Waals surface area contributed by atoms with Crippen molar-refractivity contribution in [2.75, 3.05) is 7.05 Å². The van der Waals surface area contributed by atoms with Crippen molar-refractivity contribution >= 4 is 38.6 Å². The predicted octanol–water partition coefficient (Wildman–Crippen LogP) is 4.09. The average molecular weight is 345 g/mol. The summed E-state index contributed by atoms with van der Waals surface area (Å²) in [5.74, 6) is 0. The summed E-state index contributed by atoms with van der Waals surface area (Å²) in [4.78, 5) is 5.02. The molecule has 2 unspecified atom stereocenters. The standard InChI is InChI=1S/C13H17BrN2S2/c1-9(15)13(11-5-6-12(14)18-11)16(2)8-10-4-3-7-17-10/h3-7,9,13H,8,15H2,1-2H3. The maximum Gasteiger partial charge on any atom is 0.0702 e. The summed E-state index contributed by atoms with van der Waals surface area (Å²) in [7, 11) is 2.14. The van der Waals surface area contributed by atoms with E-state index in [0.717, 1.165) is 10.3 Å². The first-order chi connectivity index (χ1) is 8.58. The molecule has 2 aromatic heterocycles. The zero-order valence-corrected chi connectivity index (χ0v) is 13.7. The van der Waals surface area contributed by atoms with Gasteiger partial charge >= 0.3 is 0 Å². The fourth-order valence-electron chi connectivity index (χ4n) is 2.11. The Morgan fingerprint density at radius 1 is 1.39 bits per heavy atom. The van der Waals surface area contributed by atoms with E-state index in [1.165, 1.54) is 9.75 Å². The van der Waals surface area contributed by atoms with Crippen molar-refractivity contribution in [1.82, 2.24) is 4.90 Å². The topological polar surface area (TPSA) is 29.3 Å². The molecule has 2 rings (SSSR count). The minimum absolute atomic E-state index is 0.112. The first kappa shape index (κ1) is 14.2. The van der Waals surface area contributed by atoms with Gasteiger partial charge < -0.3 is 5.73 Å². The molecule has 5 heteroatoms. The second kappa shape index (κ2) is 6.30. The molecule has 0 aliphatic carbocycles. The van der Waals surface area contributed by atoms with Gasteiger partial charge in [-0.2, -0.15) is 0 Å². The third kappa shape index (κ3) is 3.42. The van der Waals surface area contributed by atoms with Gasteiger partial charge in [0.1, 0.15) is 0 Å². The highest BCUT2D eigenvalue weighted by atomic mass is 79.9. The minimum atomic E-state index is 0.112. The van der Waals surface area contributed by atoms with E-state index in [0.29, 0.717) is 0 Å². The third-order valence-electron chi connectivity index (χ3n) is 2.84. The lowest BCUT2D eigenvalue weighted by Gasteiger charge is -2.29. The third-order valence-corrected chi connectivity index (χ3v) is 5.40. The van der Waals surface area contributed by atoms with E-state index in [-0.39, 0.29) is 12.1 Å². The highest BCUT2D eigenvalue weighted by molar-refractivity contribution is 9.11. The average Bonchev–Trinajstić information content (AvgIpc) is 2.90. The Labute approximate surface area is 125 Å². The van der Waals surface area contributed by atoms with Crippen LogP contribution in [0.2, 0.25) is 0 Å². The Morgan fingerprint density at radius 2 is 2.17 bits per heavy atom. The molecule has 2 N–H and O–H groups in total. The summed E-state index contributed by atoms with van der Waals surface area (Å²) < 4.78 is 1.16. The van der Waals surface area contributed by atoms with Gasteiger partial charge in [-0.15, -0.1) is 22.7 Å². The van der Waals surface area contributed by atoms with Crippen LogP contribution in [-0.2, 0) is 6.54 Å². The van der Waals surface area contributed by atoms with Crippen LogP contribution in [0, 0.1) is 0 Å². The molecule has 0 saturated heterocycles. The smallest absolute Gasteiger partial charge is 0.0702 e. The molecule has 2 nitrogen and oxygen atoms in total. The zero-order valence-electron chi connectivity index (χ0n) is 10.5. The SMILES string of the molecule is CC(N)C(c1ccc(Br)s1)N(C)Cc1cccs1. The molecule has 0 fully saturated rings. The van der Waals surface area contributed by atoms with Gasteiger partial charge in [0.05, 0.1) is 9.83 Å². The van der Waals surface area contributed by atoms with Gasteiger partial charge in [0.25, 0.3) is 0 Å². The quantitative estimate of drug-likeness (QED) is 0.884. The van der Waals surface area contributed by atoms with E-state index in [1.807, 2.05) is 0 Å². The molecule has 0 aromatic carbocycles. The van der Waals surface area contributed by atoms with Crippen LogP contribution in [-0.4, -0.2) is 18.0 Å². The molecule has 2 atom stereocenters. The Morgan fingerprint density at radius 3 is 2.67 bits per heavy atom. The van der Waals surface area contributed by atoms with Crippen molar-refractivity contribution in [2.45, 2.75) is 25.6 Å². The van der Waals surface area contributed by atoms with Gasteiger partial charge in [-0.1, -0.05) is 6.07 Å². The van der Waals surface area contributed by atoms with Gasteiger partial charge in [0.15, 0.2) is 0 Å². The van der Waals surface area contributed by atoms with Crippen molar-refractivity contribution in [1.29, 1.82) is 0 Å². The lowest BCUT2D eigenvalue weighted by atomic mass is 10.1. The van der Waals surface area contributed by atoms with Gasteiger partial charge in [-0.05, 0) is 53.5 Å². The van der Waals surface area contributed by atoms with Gasteiger partial charge in [-0.3, -0.25) is 4.90 Å². The molecule has 18 heavy (non-hydrogen) atoms. The molecule has 0 bridgehead atoms. The highest BCUT2D eigenvalue weighted by Crippen LogP contribution is 2.32. The number of nitrogens with zero attached hydrogens (tertiary/aromatic N) is 1. The molecule has 2 aromatic rings. The highest BCUT2D eigenvalue weighted by Gasteiger charge is 2.23. The summed E-state index contributed by atoms with van der Waals surface area (Å²) in [6.45, 7) is 3.02. The predicted molar refractivity (Wildman–Crippen MR) is 84.2 cm³/mol. The summed E-state index contributed by atoms with van der Waals surface area (Å²) in [6.07, 6.45) is 0. The van der Waals surface area contributed by atoms with Gasteiger partial charge in [0, 0.05) is 22.3 Å². The summed E-state index contributed by atoms with van der Waals surface area (Å²) in [6, 6.07) is 8.89. The monoisotopic (exact) mass is 344 g/mol. The second-order valence-electron chi connectivity index (χ2n) is 4.44. The largest absolute Gasteiger partial charge is 0.326 e. The van der Waals surface area contributed by atoms with Crippen LogP contribution in [0.15, 0.2) is 33.4 Å². The van der Waals surface area contributed by atoms with E-state index >= 15 is 0 Å². The molecule has 98 valence electrons. The number of likely N-dealkylation sites (N-methyl/N-ethyl adjacent to an activating group) is 1. The molecule has 0 saturated carbocycles. The van der Waals surface area contributed by atoms with Crippen LogP contribution in [0.1, 0.15) is 22.7 Å². The van der Waals surface area contributed by atoms with Crippen molar-refractivity contribution < 1.29 is 0 Å². The first-order valence-corrected chi connectivity index (χ1v) is 8.30. The Bertz CT molecular complexity index is 479. The lowest BCUT2D eigenvalue weighted by molar-refractivity contribution is 0.216. The van der Waals surface area contributed by atoms with Crippen molar-refractivity contribution in [3.05, 3.63) is 43.2 Å². The van der Waals surface area contributed by atoms with Crippen LogP contribution in [0.4, 0.5) is 0 Å². The molecular weight excluding hydrogens is 328 g/mol. The molecule has 0 spiro atoms. The zero-order chi connectivity index (χ0) is 13.1. The molecule has 0 amide bonds. The fourth-order valence-corrected chi connectivity index (χ4v) is 4.58. The van der Waals surface area contributed by atoms with E-state index in [1.54, 1.807) is 22.7 Å². The van der Waals surface area contributed by atoms with E-state index < -0.39 is 0 Å². The second-order valence-corrected chi connectivity index (χ2v) is 7.97. The van der Waals surface area contributed by atoms with E-state index in [2.05, 4.69) is 64.4 Å². The van der Waals surface area contributed by atoms with E-state index in [9.17, 15) is 0 Å². The number of halogens is 1. The maximum atomic E-state index is 6.16. The summed E-state index contributed by atoms with van der Waals surface area (Å²) in [5, 5.41) is 2.12.